The van der Waals surface area contributed by atoms with Gasteiger partial charge in [0.1, 0.15) is 11.5 Å². The van der Waals surface area contributed by atoms with Crippen molar-refractivity contribution in [3.63, 3.8) is 0 Å². The lowest BCUT2D eigenvalue weighted by Crippen LogP contribution is -1.98. The van der Waals surface area contributed by atoms with Crippen molar-refractivity contribution in [3.8, 4) is 11.3 Å². The molecule has 0 N–H and O–H groups in total. The Morgan fingerprint density at radius 1 is 1.18 bits per heavy atom. The van der Waals surface area contributed by atoms with E-state index in [2.05, 4.69) is 25.9 Å². The van der Waals surface area contributed by atoms with Gasteiger partial charge in [0, 0.05) is 5.56 Å². The summed E-state index contributed by atoms with van der Waals surface area (Å²) in [5.41, 5.74) is 2.20. The zero-order valence-corrected chi connectivity index (χ0v) is 11.6. The molecule has 0 spiro atoms. The first-order valence-electron chi connectivity index (χ1n) is 4.96. The standard InChI is InChI=1S/C12H9BrClFN2/c1-6-7(2)17-12(14)11(16-6)8-4-3-5-9(13)10(8)15/h3-5H,1-2H3. The Morgan fingerprint density at radius 3 is 2.53 bits per heavy atom. The molecule has 0 saturated carbocycles. The summed E-state index contributed by atoms with van der Waals surface area (Å²) in [5, 5.41) is 0.213. The Bertz CT molecular complexity index is 587. The number of rotatable bonds is 1. The van der Waals surface area contributed by atoms with E-state index in [-0.39, 0.29) is 11.0 Å². The van der Waals surface area contributed by atoms with Crippen molar-refractivity contribution in [2.45, 2.75) is 13.8 Å². The molecule has 88 valence electrons. The molecule has 1 heterocycles. The Kier molecular flexibility index (Phi) is 3.45. The predicted octanol–water partition coefficient (Wildman–Crippen LogP) is 4.32. The van der Waals surface area contributed by atoms with E-state index in [9.17, 15) is 4.39 Å². The van der Waals surface area contributed by atoms with Gasteiger partial charge in [-0.05, 0) is 41.9 Å². The maximum absolute atomic E-state index is 13.9. The highest BCUT2D eigenvalue weighted by molar-refractivity contribution is 9.10. The molecule has 0 aliphatic heterocycles. The zero-order chi connectivity index (χ0) is 12.6. The molecule has 1 aromatic heterocycles. The second kappa shape index (κ2) is 4.70. The van der Waals surface area contributed by atoms with Crippen LogP contribution in [0.2, 0.25) is 5.15 Å². The van der Waals surface area contributed by atoms with Gasteiger partial charge in [0.25, 0.3) is 0 Å². The monoisotopic (exact) mass is 314 g/mol. The minimum atomic E-state index is -0.382. The highest BCUT2D eigenvalue weighted by Crippen LogP contribution is 2.30. The highest BCUT2D eigenvalue weighted by atomic mass is 79.9. The van der Waals surface area contributed by atoms with Crippen LogP contribution in [-0.4, -0.2) is 9.97 Å². The van der Waals surface area contributed by atoms with E-state index >= 15 is 0 Å². The molecule has 1 aromatic carbocycles. The average Bonchev–Trinajstić information content (AvgIpc) is 2.28. The third-order valence-corrected chi connectivity index (χ3v) is 3.35. The maximum Gasteiger partial charge on any atom is 0.155 e. The minimum absolute atomic E-state index is 0.213. The van der Waals surface area contributed by atoms with Gasteiger partial charge in [0.05, 0.1) is 15.9 Å². The second-order valence-corrected chi connectivity index (χ2v) is 4.85. The van der Waals surface area contributed by atoms with E-state index in [1.807, 2.05) is 13.8 Å². The van der Waals surface area contributed by atoms with Crippen LogP contribution in [0, 0.1) is 19.7 Å². The van der Waals surface area contributed by atoms with Gasteiger partial charge >= 0.3 is 0 Å². The fraction of sp³-hybridized carbons (Fsp3) is 0.167. The van der Waals surface area contributed by atoms with Crippen molar-refractivity contribution in [2.24, 2.45) is 0 Å². The van der Waals surface area contributed by atoms with Gasteiger partial charge in [-0.3, -0.25) is 0 Å². The van der Waals surface area contributed by atoms with Crippen LogP contribution in [0.25, 0.3) is 11.3 Å². The van der Waals surface area contributed by atoms with Gasteiger partial charge < -0.3 is 0 Å². The molecule has 0 aliphatic rings. The predicted molar refractivity (Wildman–Crippen MR) is 69.6 cm³/mol. The van der Waals surface area contributed by atoms with Crippen molar-refractivity contribution >= 4 is 27.5 Å². The molecule has 2 nitrogen and oxygen atoms in total. The van der Waals surface area contributed by atoms with Crippen LogP contribution in [0.4, 0.5) is 4.39 Å². The number of hydrogen-bond acceptors (Lipinski definition) is 2. The van der Waals surface area contributed by atoms with Gasteiger partial charge in [0.15, 0.2) is 5.15 Å². The largest absolute Gasteiger partial charge is 0.248 e. The molecule has 0 amide bonds. The number of aromatic nitrogens is 2. The van der Waals surface area contributed by atoms with Crippen LogP contribution < -0.4 is 0 Å². The number of halogens is 3. The van der Waals surface area contributed by atoms with Gasteiger partial charge in [-0.1, -0.05) is 17.7 Å². The number of nitrogens with zero attached hydrogens (tertiary/aromatic N) is 2. The number of hydrogen-bond donors (Lipinski definition) is 0. The molecule has 2 aromatic rings. The van der Waals surface area contributed by atoms with Crippen LogP contribution in [0.5, 0.6) is 0 Å². The topological polar surface area (TPSA) is 25.8 Å². The first kappa shape index (κ1) is 12.5. The third-order valence-electron chi connectivity index (χ3n) is 2.47. The van der Waals surface area contributed by atoms with Gasteiger partial charge in [-0.2, -0.15) is 0 Å². The molecule has 0 unspecified atom stereocenters. The molecule has 0 radical (unpaired) electrons. The van der Waals surface area contributed by atoms with Crippen molar-refractivity contribution in [3.05, 3.63) is 45.0 Å². The average molecular weight is 316 g/mol. The van der Waals surface area contributed by atoms with E-state index in [1.165, 1.54) is 0 Å². The number of aryl methyl sites for hydroxylation is 2. The molecule has 0 saturated heterocycles. The lowest BCUT2D eigenvalue weighted by molar-refractivity contribution is 0.624. The van der Waals surface area contributed by atoms with Gasteiger partial charge in [-0.25, -0.2) is 14.4 Å². The summed E-state index contributed by atoms with van der Waals surface area (Å²) < 4.78 is 14.3. The first-order valence-corrected chi connectivity index (χ1v) is 6.13. The van der Waals surface area contributed by atoms with Crippen molar-refractivity contribution in [1.29, 1.82) is 0 Å². The highest BCUT2D eigenvalue weighted by Gasteiger charge is 2.14. The Morgan fingerprint density at radius 2 is 1.82 bits per heavy atom. The minimum Gasteiger partial charge on any atom is -0.248 e. The molecule has 0 bridgehead atoms. The fourth-order valence-corrected chi connectivity index (χ4v) is 2.07. The Labute approximate surface area is 112 Å². The van der Waals surface area contributed by atoms with Crippen molar-refractivity contribution in [1.82, 2.24) is 9.97 Å². The summed E-state index contributed by atoms with van der Waals surface area (Å²) in [5.74, 6) is -0.382. The van der Waals surface area contributed by atoms with Gasteiger partial charge in [-0.15, -0.1) is 0 Å². The summed E-state index contributed by atoms with van der Waals surface area (Å²) in [6.45, 7) is 3.63. The van der Waals surface area contributed by atoms with Crippen molar-refractivity contribution < 1.29 is 4.39 Å². The first-order chi connectivity index (χ1) is 8.00. The smallest absolute Gasteiger partial charge is 0.155 e. The van der Waals surface area contributed by atoms with Gasteiger partial charge in [0.2, 0.25) is 0 Å². The third kappa shape index (κ3) is 2.33. The summed E-state index contributed by atoms with van der Waals surface area (Å²) in [4.78, 5) is 8.43. The summed E-state index contributed by atoms with van der Waals surface area (Å²) >= 11 is 9.14. The van der Waals surface area contributed by atoms with E-state index in [0.29, 0.717) is 15.7 Å². The quantitative estimate of drug-likeness (QED) is 0.783. The molecule has 0 atom stereocenters. The van der Waals surface area contributed by atoms with Crippen LogP contribution in [-0.2, 0) is 0 Å². The van der Waals surface area contributed by atoms with Crippen LogP contribution >= 0.6 is 27.5 Å². The molecule has 0 fully saturated rings. The fourth-order valence-electron chi connectivity index (χ4n) is 1.43. The molecular formula is C12H9BrClFN2. The Hall–Kier alpha value is -1.00. The number of benzene rings is 1. The lowest BCUT2D eigenvalue weighted by atomic mass is 10.1. The summed E-state index contributed by atoms with van der Waals surface area (Å²) in [7, 11) is 0. The van der Waals surface area contributed by atoms with Crippen LogP contribution in [0.3, 0.4) is 0 Å². The van der Waals surface area contributed by atoms with E-state index in [1.54, 1.807) is 18.2 Å². The molecule has 0 aliphatic carbocycles. The van der Waals surface area contributed by atoms with Crippen LogP contribution in [0.15, 0.2) is 22.7 Å². The molecule has 5 heteroatoms. The molecular weight excluding hydrogens is 307 g/mol. The molecule has 2 rings (SSSR count). The zero-order valence-electron chi connectivity index (χ0n) is 9.26. The van der Waals surface area contributed by atoms with Crippen LogP contribution in [0.1, 0.15) is 11.4 Å². The molecule has 17 heavy (non-hydrogen) atoms. The SMILES string of the molecule is Cc1nc(Cl)c(-c2cccc(Br)c2F)nc1C. The normalized spacial score (nSPS) is 10.6. The lowest BCUT2D eigenvalue weighted by Gasteiger charge is -2.08. The summed E-state index contributed by atoms with van der Waals surface area (Å²) in [6.07, 6.45) is 0. The second-order valence-electron chi connectivity index (χ2n) is 3.64. The van der Waals surface area contributed by atoms with E-state index in [4.69, 9.17) is 11.6 Å². The van der Waals surface area contributed by atoms with E-state index < -0.39 is 0 Å². The van der Waals surface area contributed by atoms with E-state index in [0.717, 1.165) is 11.4 Å². The maximum atomic E-state index is 13.9. The Balaban J connectivity index is 2.69. The van der Waals surface area contributed by atoms with Crippen molar-refractivity contribution in [2.75, 3.05) is 0 Å². The summed E-state index contributed by atoms with van der Waals surface area (Å²) in [6, 6.07) is 4.99.